The van der Waals surface area contributed by atoms with Crippen molar-refractivity contribution in [1.82, 2.24) is 0 Å². The Morgan fingerprint density at radius 3 is 0.747 bits per heavy atom. The molecule has 95 heavy (non-hydrogen) atoms. The van der Waals surface area contributed by atoms with Gasteiger partial charge in [-0.15, -0.1) is 0 Å². The van der Waals surface area contributed by atoms with Crippen LogP contribution in [-0.4, -0.2) is 96.7 Å². The van der Waals surface area contributed by atoms with Crippen LogP contribution in [0.15, 0.2) is 0 Å². The van der Waals surface area contributed by atoms with Crippen LogP contribution in [0.1, 0.15) is 383 Å². The van der Waals surface area contributed by atoms with Crippen molar-refractivity contribution in [3.8, 4) is 0 Å². The van der Waals surface area contributed by atoms with Crippen molar-refractivity contribution in [3.05, 3.63) is 0 Å². The summed E-state index contributed by atoms with van der Waals surface area (Å²) >= 11 is 0. The highest BCUT2D eigenvalue weighted by atomic mass is 31.2. The number of aliphatic hydroxyl groups excluding tert-OH is 1. The SMILES string of the molecule is CCC(C)CCCCCCCCCCCCC(=O)OC[C@H](COP(=O)(O)OC[C@@H](O)COP(=O)(O)OC[C@@H](COC(=O)CCCCCCCCCCCCC(C)C)OC(=O)CCCCCCCCCCCCC(C)CC)OC(=O)CCCCCCCCCCCCC(C)CC. The number of carbonyl (C=O) groups excluding carboxylic acids is 4. The Morgan fingerprint density at radius 1 is 0.295 bits per heavy atom. The fourth-order valence-electron chi connectivity index (χ4n) is 11.5. The molecule has 564 valence electrons. The summed E-state index contributed by atoms with van der Waals surface area (Å²) in [7, 11) is -9.92. The average Bonchev–Trinajstić information content (AvgIpc) is 1.55. The molecule has 0 spiro atoms. The number of phosphoric ester groups is 2. The number of hydrogen-bond donors (Lipinski definition) is 3. The molecular weight excluding hydrogens is 1250 g/mol. The first-order valence-corrected chi connectivity index (χ1v) is 42.3. The molecule has 0 aliphatic rings. The third-order valence-electron chi connectivity index (χ3n) is 18.7. The summed E-state index contributed by atoms with van der Waals surface area (Å²) in [5.74, 6) is 1.05. The van der Waals surface area contributed by atoms with Gasteiger partial charge < -0.3 is 33.8 Å². The van der Waals surface area contributed by atoms with Crippen molar-refractivity contribution in [2.75, 3.05) is 39.6 Å². The van der Waals surface area contributed by atoms with Gasteiger partial charge in [0.1, 0.15) is 19.3 Å². The van der Waals surface area contributed by atoms with Crippen LogP contribution in [0.4, 0.5) is 0 Å². The van der Waals surface area contributed by atoms with Gasteiger partial charge in [0.25, 0.3) is 0 Å². The highest BCUT2D eigenvalue weighted by Gasteiger charge is 2.30. The number of ether oxygens (including phenoxy) is 4. The van der Waals surface area contributed by atoms with Gasteiger partial charge in [-0.2, -0.15) is 0 Å². The molecule has 0 saturated carbocycles. The number of unbranched alkanes of at least 4 members (excludes halogenated alkanes) is 36. The molecule has 0 fully saturated rings. The Labute approximate surface area is 581 Å². The first kappa shape index (κ1) is 93.1. The molecule has 0 bridgehead atoms. The molecule has 0 aromatic heterocycles. The van der Waals surface area contributed by atoms with E-state index in [1.165, 1.54) is 186 Å². The van der Waals surface area contributed by atoms with Crippen LogP contribution in [0.25, 0.3) is 0 Å². The number of aliphatic hydroxyl groups is 1. The van der Waals surface area contributed by atoms with Crippen LogP contribution < -0.4 is 0 Å². The second-order valence-electron chi connectivity index (χ2n) is 28.6. The molecule has 5 unspecified atom stereocenters. The monoisotopic (exact) mass is 1400 g/mol. The van der Waals surface area contributed by atoms with E-state index in [0.29, 0.717) is 25.7 Å². The van der Waals surface area contributed by atoms with Gasteiger partial charge in [-0.3, -0.25) is 37.3 Å². The van der Waals surface area contributed by atoms with E-state index in [-0.39, 0.29) is 25.7 Å². The van der Waals surface area contributed by atoms with E-state index in [1.54, 1.807) is 0 Å². The first-order valence-electron chi connectivity index (χ1n) is 39.3. The maximum Gasteiger partial charge on any atom is 0.472 e. The van der Waals surface area contributed by atoms with Crippen LogP contribution in [0, 0.1) is 23.7 Å². The quantitative estimate of drug-likeness (QED) is 0.0222. The zero-order valence-electron chi connectivity index (χ0n) is 62.3. The van der Waals surface area contributed by atoms with Crippen LogP contribution in [0.5, 0.6) is 0 Å². The van der Waals surface area contributed by atoms with Crippen LogP contribution in [0.3, 0.4) is 0 Å². The largest absolute Gasteiger partial charge is 0.472 e. The molecule has 17 nitrogen and oxygen atoms in total. The molecule has 0 saturated heterocycles. The molecule has 0 aliphatic carbocycles. The lowest BCUT2D eigenvalue weighted by molar-refractivity contribution is -0.161. The molecule has 0 rings (SSSR count). The first-order chi connectivity index (χ1) is 45.7. The molecule has 0 aromatic rings. The fourth-order valence-corrected chi connectivity index (χ4v) is 13.0. The zero-order chi connectivity index (χ0) is 70.3. The van der Waals surface area contributed by atoms with Crippen molar-refractivity contribution >= 4 is 39.5 Å². The highest BCUT2D eigenvalue weighted by Crippen LogP contribution is 2.45. The standard InChI is InChI=1S/C76H148O17P2/c1-9-67(6)53-45-37-29-21-13-17-25-33-41-49-57-74(79)87-63-72(93-76(81)59-51-43-35-27-19-15-23-31-39-47-55-69(8)11-3)65-91-95(84,85)89-61-70(77)60-88-94(82,83)90-64-71(62-86-73(78)56-48-40-32-24-16-12-20-28-36-44-52-66(4)5)92-75(80)58-50-42-34-26-18-14-22-30-38-46-54-68(7)10-2/h66-72,77H,9-65H2,1-8H3,(H,82,83)(H,84,85)/t67?,68?,69?,70-,71+,72+/m0/s1. The second-order valence-corrected chi connectivity index (χ2v) is 31.5. The third kappa shape index (κ3) is 66.4. The summed E-state index contributed by atoms with van der Waals surface area (Å²) in [4.78, 5) is 72.9. The minimum Gasteiger partial charge on any atom is -0.462 e. The Balaban J connectivity index is 5.29. The molecule has 8 atom stereocenters. The number of phosphoric acid groups is 2. The van der Waals surface area contributed by atoms with Gasteiger partial charge in [-0.05, 0) is 49.4 Å². The third-order valence-corrected chi connectivity index (χ3v) is 20.6. The topological polar surface area (TPSA) is 237 Å². The van der Waals surface area contributed by atoms with Crippen LogP contribution in [0.2, 0.25) is 0 Å². The van der Waals surface area contributed by atoms with Gasteiger partial charge in [-0.25, -0.2) is 9.13 Å². The lowest BCUT2D eigenvalue weighted by atomic mass is 9.99. The number of carbonyl (C=O) groups is 4. The van der Waals surface area contributed by atoms with Crippen LogP contribution in [-0.2, 0) is 65.4 Å². The van der Waals surface area contributed by atoms with Crippen LogP contribution >= 0.6 is 15.6 Å². The molecule has 0 aromatic carbocycles. The van der Waals surface area contributed by atoms with E-state index in [4.69, 9.17) is 37.0 Å². The predicted octanol–water partition coefficient (Wildman–Crippen LogP) is 22.0. The van der Waals surface area contributed by atoms with Crippen molar-refractivity contribution in [2.45, 2.75) is 401 Å². The Kier molecular flexibility index (Phi) is 64.0. The van der Waals surface area contributed by atoms with E-state index >= 15 is 0 Å². The average molecular weight is 1400 g/mol. The maximum atomic E-state index is 13.1. The van der Waals surface area contributed by atoms with E-state index in [2.05, 4.69) is 55.4 Å². The van der Waals surface area contributed by atoms with Crippen molar-refractivity contribution in [3.63, 3.8) is 0 Å². The normalized spacial score (nSPS) is 15.0. The molecule has 0 heterocycles. The smallest absolute Gasteiger partial charge is 0.462 e. The van der Waals surface area contributed by atoms with Gasteiger partial charge >= 0.3 is 39.5 Å². The van der Waals surface area contributed by atoms with E-state index < -0.39 is 97.5 Å². The fraction of sp³-hybridized carbons (Fsp3) is 0.947. The Hall–Kier alpha value is -1.94. The Morgan fingerprint density at radius 2 is 0.505 bits per heavy atom. The number of hydrogen-bond acceptors (Lipinski definition) is 15. The van der Waals surface area contributed by atoms with E-state index in [0.717, 1.165) is 114 Å². The van der Waals surface area contributed by atoms with Gasteiger partial charge in [0.05, 0.1) is 26.4 Å². The summed E-state index contributed by atoms with van der Waals surface area (Å²) in [6.45, 7) is 14.3. The molecule has 0 amide bonds. The summed E-state index contributed by atoms with van der Waals surface area (Å²) < 4.78 is 68.6. The van der Waals surface area contributed by atoms with Gasteiger partial charge in [0, 0.05) is 25.7 Å². The minimum absolute atomic E-state index is 0.106. The second kappa shape index (κ2) is 65.4. The molecular formula is C76H148O17P2. The van der Waals surface area contributed by atoms with Crippen molar-refractivity contribution in [1.29, 1.82) is 0 Å². The lowest BCUT2D eigenvalue weighted by Crippen LogP contribution is -2.30. The lowest BCUT2D eigenvalue weighted by Gasteiger charge is -2.21. The highest BCUT2D eigenvalue weighted by molar-refractivity contribution is 7.47. The van der Waals surface area contributed by atoms with E-state index in [1.807, 2.05) is 0 Å². The minimum atomic E-state index is -4.96. The molecule has 19 heteroatoms. The predicted molar refractivity (Wildman–Crippen MR) is 386 cm³/mol. The summed E-state index contributed by atoms with van der Waals surface area (Å²) in [5, 5.41) is 10.6. The van der Waals surface area contributed by atoms with Gasteiger partial charge in [0.2, 0.25) is 0 Å². The maximum absolute atomic E-state index is 13.1. The Bertz CT molecular complexity index is 1870. The van der Waals surface area contributed by atoms with Crippen molar-refractivity contribution < 1.29 is 80.2 Å². The zero-order valence-corrected chi connectivity index (χ0v) is 64.1. The number of rotatable bonds is 73. The summed E-state index contributed by atoms with van der Waals surface area (Å²) in [5.41, 5.74) is 0. The molecule has 0 radical (unpaired) electrons. The van der Waals surface area contributed by atoms with Crippen molar-refractivity contribution in [2.24, 2.45) is 23.7 Å². The van der Waals surface area contributed by atoms with Gasteiger partial charge in [0.15, 0.2) is 12.2 Å². The summed E-state index contributed by atoms with van der Waals surface area (Å²) in [6.07, 6.45) is 49.6. The van der Waals surface area contributed by atoms with Gasteiger partial charge in [-0.1, -0.05) is 331 Å². The summed E-state index contributed by atoms with van der Waals surface area (Å²) in [6, 6.07) is 0. The molecule has 3 N–H and O–H groups in total. The molecule has 0 aliphatic heterocycles. The van der Waals surface area contributed by atoms with E-state index in [9.17, 15) is 43.2 Å². The number of esters is 4.